The van der Waals surface area contributed by atoms with E-state index in [9.17, 15) is 0 Å². The van der Waals surface area contributed by atoms with Crippen molar-refractivity contribution in [2.75, 3.05) is 0 Å². The van der Waals surface area contributed by atoms with Gasteiger partial charge in [-0.3, -0.25) is 0 Å². The van der Waals surface area contributed by atoms with Crippen molar-refractivity contribution in [1.29, 1.82) is 0 Å². The molecule has 0 bridgehead atoms. The Morgan fingerprint density at radius 3 is 0.727 bits per heavy atom. The van der Waals surface area contributed by atoms with E-state index in [1.165, 1.54) is 120 Å². The van der Waals surface area contributed by atoms with E-state index >= 15 is 0 Å². The lowest BCUT2D eigenvalue weighted by Crippen LogP contribution is -2.03. The minimum atomic E-state index is 1.15. The molecule has 0 atom stereocenters. The summed E-state index contributed by atoms with van der Waals surface area (Å²) in [4.78, 5) is 0. The van der Waals surface area contributed by atoms with Crippen molar-refractivity contribution in [3.05, 3.63) is 231 Å². The molecule has 4 nitrogen and oxygen atoms in total. The van der Waals surface area contributed by atoms with Crippen molar-refractivity contribution < 1.29 is 0 Å². The van der Waals surface area contributed by atoms with E-state index in [1.54, 1.807) is 0 Å². The average molecular weight is 839 g/mol. The third kappa shape index (κ3) is 4.72. The maximum absolute atomic E-state index is 2.55. The second-order valence-electron chi connectivity index (χ2n) is 17.6. The predicted molar refractivity (Wildman–Crippen MR) is 279 cm³/mol. The number of hydrogen-bond donors (Lipinski definition) is 0. The molecule has 66 heavy (non-hydrogen) atoms. The van der Waals surface area contributed by atoms with Gasteiger partial charge in [-0.25, -0.2) is 0 Å². The predicted octanol–water partition coefficient (Wildman–Crippen LogP) is 16.4. The molecule has 0 saturated heterocycles. The summed E-state index contributed by atoms with van der Waals surface area (Å²) in [6.07, 6.45) is 0. The molecule has 0 amide bonds. The summed E-state index contributed by atoms with van der Waals surface area (Å²) in [5, 5.41) is 14.8. The number of hydrogen-bond acceptors (Lipinski definition) is 0. The van der Waals surface area contributed by atoms with Crippen molar-refractivity contribution in [3.8, 4) is 22.7 Å². The van der Waals surface area contributed by atoms with Crippen molar-refractivity contribution in [2.24, 2.45) is 0 Å². The molecule has 15 rings (SSSR count). The van der Waals surface area contributed by atoms with E-state index in [4.69, 9.17) is 0 Å². The van der Waals surface area contributed by atoms with Crippen LogP contribution in [0.4, 0.5) is 0 Å². The van der Waals surface area contributed by atoms with Crippen LogP contribution in [-0.2, 0) is 0 Å². The van der Waals surface area contributed by atoms with Gasteiger partial charge in [-0.1, -0.05) is 158 Å². The third-order valence-corrected chi connectivity index (χ3v) is 14.3. The van der Waals surface area contributed by atoms with Crippen LogP contribution in [0.25, 0.3) is 132 Å². The molecule has 306 valence electrons. The van der Waals surface area contributed by atoms with Crippen LogP contribution < -0.4 is 0 Å². The van der Waals surface area contributed by atoms with Gasteiger partial charge in [0.1, 0.15) is 0 Å². The molecule has 0 saturated carbocycles. The Hall–Kier alpha value is -8.86. The van der Waals surface area contributed by atoms with Crippen molar-refractivity contribution in [3.63, 3.8) is 0 Å². The van der Waals surface area contributed by atoms with Gasteiger partial charge in [-0.05, 0) is 72.8 Å². The lowest BCUT2D eigenvalue weighted by Gasteiger charge is -2.21. The average Bonchev–Trinajstić information content (AvgIpc) is 4.09. The molecule has 11 aromatic carbocycles. The van der Waals surface area contributed by atoms with Crippen molar-refractivity contribution in [1.82, 2.24) is 18.3 Å². The van der Waals surface area contributed by atoms with Crippen LogP contribution in [0.1, 0.15) is 0 Å². The van der Waals surface area contributed by atoms with E-state index in [1.807, 2.05) is 0 Å². The fraction of sp³-hybridized carbons (Fsp3) is 0. The lowest BCUT2D eigenvalue weighted by molar-refractivity contribution is 1.17. The first kappa shape index (κ1) is 35.6. The highest BCUT2D eigenvalue weighted by molar-refractivity contribution is 6.24. The molecule has 0 aliphatic carbocycles. The van der Waals surface area contributed by atoms with Crippen LogP contribution in [0.15, 0.2) is 231 Å². The summed E-state index contributed by atoms with van der Waals surface area (Å²) < 4.78 is 9.97. The van der Waals surface area contributed by atoms with Gasteiger partial charge in [0.15, 0.2) is 0 Å². The Labute approximate surface area is 378 Å². The fourth-order valence-electron chi connectivity index (χ4n) is 11.6. The molecular formula is C62H38N4. The Morgan fingerprint density at radius 1 is 0.167 bits per heavy atom. The summed E-state index contributed by atoms with van der Waals surface area (Å²) in [5.41, 5.74) is 14.2. The van der Waals surface area contributed by atoms with Gasteiger partial charge in [0.2, 0.25) is 0 Å². The number of benzene rings is 11. The van der Waals surface area contributed by atoms with Crippen LogP contribution in [0.2, 0.25) is 0 Å². The first-order valence-electron chi connectivity index (χ1n) is 22.8. The van der Waals surface area contributed by atoms with E-state index < -0.39 is 0 Å². The minimum absolute atomic E-state index is 1.15. The molecule has 0 spiro atoms. The quantitative estimate of drug-likeness (QED) is 0.157. The van der Waals surface area contributed by atoms with Crippen LogP contribution in [0, 0.1) is 0 Å². The molecule has 0 unspecified atom stereocenters. The third-order valence-electron chi connectivity index (χ3n) is 14.3. The Morgan fingerprint density at radius 2 is 0.409 bits per heavy atom. The van der Waals surface area contributed by atoms with Crippen molar-refractivity contribution in [2.45, 2.75) is 0 Å². The van der Waals surface area contributed by atoms with Gasteiger partial charge in [0.25, 0.3) is 0 Å². The van der Waals surface area contributed by atoms with Crippen LogP contribution in [-0.4, -0.2) is 18.3 Å². The van der Waals surface area contributed by atoms with Gasteiger partial charge >= 0.3 is 0 Å². The number of rotatable bonds is 4. The first-order valence-corrected chi connectivity index (χ1v) is 22.8. The van der Waals surface area contributed by atoms with Gasteiger partial charge in [0.05, 0.1) is 55.5 Å². The summed E-state index contributed by atoms with van der Waals surface area (Å²) >= 11 is 0. The molecule has 4 heterocycles. The van der Waals surface area contributed by atoms with E-state index in [0.717, 1.165) is 11.4 Å². The highest BCUT2D eigenvalue weighted by Gasteiger charge is 2.25. The van der Waals surface area contributed by atoms with Crippen LogP contribution >= 0.6 is 0 Å². The maximum Gasteiger partial charge on any atom is 0.0620 e. The normalized spacial score (nSPS) is 12.2. The largest absolute Gasteiger partial charge is 0.309 e. The maximum atomic E-state index is 2.55. The Bertz CT molecular complexity index is 4160. The van der Waals surface area contributed by atoms with Crippen LogP contribution in [0.3, 0.4) is 0 Å². The lowest BCUT2D eigenvalue weighted by atomic mass is 9.97. The number of para-hydroxylation sites is 6. The molecule has 0 fully saturated rings. The fourth-order valence-corrected chi connectivity index (χ4v) is 11.6. The summed E-state index contributed by atoms with van der Waals surface area (Å²) in [7, 11) is 0. The van der Waals surface area contributed by atoms with E-state index in [2.05, 4.69) is 249 Å². The molecule has 0 radical (unpaired) electrons. The minimum Gasteiger partial charge on any atom is -0.309 e. The highest BCUT2D eigenvalue weighted by atomic mass is 15.0. The number of fused-ring (bicyclic) bond motifs is 14. The second kappa shape index (κ2) is 13.3. The van der Waals surface area contributed by atoms with Crippen molar-refractivity contribution >= 4 is 109 Å². The second-order valence-corrected chi connectivity index (χ2v) is 17.6. The molecule has 4 heteroatoms. The molecule has 4 aromatic heterocycles. The van der Waals surface area contributed by atoms with E-state index in [0.29, 0.717) is 0 Å². The molecule has 15 aromatic rings. The Kier molecular flexibility index (Phi) is 7.19. The summed E-state index contributed by atoms with van der Waals surface area (Å²) in [5.74, 6) is 0. The zero-order chi connectivity index (χ0) is 43.0. The van der Waals surface area contributed by atoms with Gasteiger partial charge in [-0.2, -0.15) is 0 Å². The summed E-state index contributed by atoms with van der Waals surface area (Å²) in [6, 6.07) is 85.1. The highest BCUT2D eigenvalue weighted by Crippen LogP contribution is 2.47. The smallest absolute Gasteiger partial charge is 0.0620 e. The molecular weight excluding hydrogens is 801 g/mol. The molecule has 0 N–H and O–H groups in total. The SMILES string of the molecule is c1ccc(-n2c3ccccc3c3cc4c5ccccc5n(-c5c6ccccc6c(-n6c7ccccc7c7cc8c9ccccc9n(-c9ccccc9)c8cc76)c6ccccc56)c4cc32)cc1. The van der Waals surface area contributed by atoms with Gasteiger partial charge in [0, 0.05) is 76.0 Å². The first-order chi connectivity index (χ1) is 32.8. The summed E-state index contributed by atoms with van der Waals surface area (Å²) in [6.45, 7) is 0. The number of nitrogens with zero attached hydrogens (tertiary/aromatic N) is 4. The standard InChI is InChI=1S/C62H38N4/c1-3-19-39(20-4-1)63-53-31-15-11-23-41(53)49-35-51-43-25-13-17-33-55(43)65(59(51)37-57(49)63)61-45-27-7-9-29-47(45)62(48-30-10-8-28-46(48)61)66-56-34-18-14-26-44(56)52-36-50-42-24-12-16-32-54(42)64(58(50)38-60(52)66)40-21-5-2-6-22-40/h1-38H. The topological polar surface area (TPSA) is 19.7 Å². The molecule has 0 aliphatic rings. The van der Waals surface area contributed by atoms with Gasteiger partial charge < -0.3 is 18.3 Å². The monoisotopic (exact) mass is 838 g/mol. The molecule has 0 aliphatic heterocycles. The van der Waals surface area contributed by atoms with Crippen LogP contribution in [0.5, 0.6) is 0 Å². The zero-order valence-electron chi connectivity index (χ0n) is 35.7. The number of aromatic nitrogens is 4. The van der Waals surface area contributed by atoms with Gasteiger partial charge in [-0.15, -0.1) is 0 Å². The van der Waals surface area contributed by atoms with E-state index in [-0.39, 0.29) is 0 Å². The zero-order valence-corrected chi connectivity index (χ0v) is 35.7. The Balaban J connectivity index is 1.09.